The Hall–Kier alpha value is -1.73. The third-order valence-electron chi connectivity index (χ3n) is 3.11. The molecule has 0 spiro atoms. The molecule has 0 aliphatic carbocycles. The number of anilines is 1. The number of nitrogens with zero attached hydrogens (tertiary/aromatic N) is 1. The fourth-order valence-corrected chi connectivity index (χ4v) is 2.32. The fourth-order valence-electron chi connectivity index (χ4n) is 2.32. The zero-order chi connectivity index (χ0) is 14.9. The Balaban J connectivity index is 2.34. The highest BCUT2D eigenvalue weighted by Crippen LogP contribution is 2.28. The minimum absolute atomic E-state index is 0.140. The van der Waals surface area contributed by atoms with Crippen molar-refractivity contribution in [2.75, 3.05) is 24.6 Å². The lowest BCUT2D eigenvalue weighted by Gasteiger charge is -2.37. The monoisotopic (exact) mass is 287 g/mol. The molecule has 0 radical (unpaired) electrons. The number of rotatable bonds is 3. The molecule has 20 heavy (non-hydrogen) atoms. The molecule has 0 saturated carbocycles. The fraction of sp³-hybridized carbons (Fsp3) is 0.462. The molecular weight excluding hydrogens is 272 g/mol. The van der Waals surface area contributed by atoms with Crippen LogP contribution in [-0.4, -0.2) is 48.1 Å². The van der Waals surface area contributed by atoms with Gasteiger partial charge in [-0.25, -0.2) is 13.6 Å². The summed E-state index contributed by atoms with van der Waals surface area (Å²) in [5.41, 5.74) is -0.729. The summed E-state index contributed by atoms with van der Waals surface area (Å²) in [6.07, 6.45) is -0.824. The highest BCUT2D eigenvalue weighted by atomic mass is 19.1. The molecule has 0 aromatic heterocycles. The smallest absolute Gasteiger partial charge is 0.335 e. The number of hydrogen-bond acceptors (Lipinski definition) is 4. The van der Waals surface area contributed by atoms with E-state index in [1.54, 1.807) is 6.92 Å². The quantitative estimate of drug-likeness (QED) is 0.875. The van der Waals surface area contributed by atoms with Crippen molar-refractivity contribution < 1.29 is 28.5 Å². The van der Waals surface area contributed by atoms with Crippen LogP contribution in [-0.2, 0) is 4.74 Å². The molecule has 5 nitrogen and oxygen atoms in total. The van der Waals surface area contributed by atoms with Gasteiger partial charge in [-0.3, -0.25) is 0 Å². The van der Waals surface area contributed by atoms with E-state index in [-0.39, 0.29) is 31.5 Å². The second kappa shape index (κ2) is 5.72. The van der Waals surface area contributed by atoms with Crippen molar-refractivity contribution in [3.05, 3.63) is 29.3 Å². The molecule has 2 N–H and O–H groups in total. The zero-order valence-corrected chi connectivity index (χ0v) is 10.8. The molecule has 1 aromatic carbocycles. The van der Waals surface area contributed by atoms with E-state index >= 15 is 0 Å². The highest BCUT2D eigenvalue weighted by molar-refractivity contribution is 5.88. The molecule has 7 heteroatoms. The third-order valence-corrected chi connectivity index (χ3v) is 3.11. The van der Waals surface area contributed by atoms with Crippen LogP contribution in [0.1, 0.15) is 17.3 Å². The van der Waals surface area contributed by atoms with Crippen LogP contribution in [0.25, 0.3) is 0 Å². The van der Waals surface area contributed by atoms with E-state index < -0.39 is 29.3 Å². The first-order valence-electron chi connectivity index (χ1n) is 6.16. The van der Waals surface area contributed by atoms with E-state index in [1.807, 2.05) is 0 Å². The Bertz CT molecular complexity index is 500. The number of hydrogen-bond donors (Lipinski definition) is 2. The average Bonchev–Trinajstić information content (AvgIpc) is 2.37. The van der Waals surface area contributed by atoms with Gasteiger partial charge in [-0.05, 0) is 19.1 Å². The van der Waals surface area contributed by atoms with E-state index in [2.05, 4.69) is 0 Å². The van der Waals surface area contributed by atoms with Gasteiger partial charge in [-0.2, -0.15) is 0 Å². The van der Waals surface area contributed by atoms with E-state index in [9.17, 15) is 13.6 Å². The maximum atomic E-state index is 14.0. The Morgan fingerprint density at radius 1 is 1.40 bits per heavy atom. The molecule has 2 unspecified atom stereocenters. The molecule has 1 fully saturated rings. The van der Waals surface area contributed by atoms with Gasteiger partial charge in [0, 0.05) is 13.1 Å². The maximum absolute atomic E-state index is 14.0. The molecular formula is C13H15F2NO4. The number of carboxylic acids is 1. The van der Waals surface area contributed by atoms with Crippen molar-refractivity contribution in [1.82, 2.24) is 0 Å². The normalized spacial score (nSPS) is 22.9. The summed E-state index contributed by atoms with van der Waals surface area (Å²) in [5, 5.41) is 17.9. The van der Waals surface area contributed by atoms with Crippen molar-refractivity contribution in [1.29, 1.82) is 0 Å². The number of morpholine rings is 1. The van der Waals surface area contributed by atoms with Crippen LogP contribution in [0, 0.1) is 11.6 Å². The number of aromatic carboxylic acids is 1. The number of carbonyl (C=O) groups is 1. The van der Waals surface area contributed by atoms with Gasteiger partial charge < -0.3 is 19.8 Å². The van der Waals surface area contributed by atoms with Gasteiger partial charge in [0.1, 0.15) is 17.3 Å². The van der Waals surface area contributed by atoms with Crippen LogP contribution in [0.3, 0.4) is 0 Å². The lowest BCUT2D eigenvalue weighted by molar-refractivity contribution is -0.0424. The molecule has 1 aromatic rings. The van der Waals surface area contributed by atoms with Gasteiger partial charge in [0.25, 0.3) is 0 Å². The summed E-state index contributed by atoms with van der Waals surface area (Å²) in [5.74, 6) is -3.26. The first-order valence-corrected chi connectivity index (χ1v) is 6.16. The minimum Gasteiger partial charge on any atom is -0.478 e. The Morgan fingerprint density at radius 3 is 2.50 bits per heavy atom. The van der Waals surface area contributed by atoms with Gasteiger partial charge in [-0.15, -0.1) is 0 Å². The van der Waals surface area contributed by atoms with Gasteiger partial charge in [0.2, 0.25) is 0 Å². The van der Waals surface area contributed by atoms with Gasteiger partial charge in [0.15, 0.2) is 0 Å². The van der Waals surface area contributed by atoms with Gasteiger partial charge in [-0.1, -0.05) is 0 Å². The minimum atomic E-state index is -1.39. The van der Waals surface area contributed by atoms with Crippen LogP contribution in [0.15, 0.2) is 12.1 Å². The zero-order valence-electron chi connectivity index (χ0n) is 10.8. The van der Waals surface area contributed by atoms with Crippen molar-refractivity contribution in [2.24, 2.45) is 0 Å². The maximum Gasteiger partial charge on any atom is 0.335 e. The van der Waals surface area contributed by atoms with Crippen LogP contribution in [0.5, 0.6) is 0 Å². The van der Waals surface area contributed by atoms with E-state index in [0.717, 1.165) is 12.1 Å². The largest absolute Gasteiger partial charge is 0.478 e. The molecule has 1 aliphatic rings. The van der Waals surface area contributed by atoms with Crippen LogP contribution >= 0.6 is 0 Å². The number of aliphatic hydroxyl groups excluding tert-OH is 1. The third kappa shape index (κ3) is 2.88. The summed E-state index contributed by atoms with van der Waals surface area (Å²) in [7, 11) is 0. The van der Waals surface area contributed by atoms with E-state index in [0.29, 0.717) is 0 Å². The summed E-state index contributed by atoms with van der Waals surface area (Å²) in [6.45, 7) is 1.88. The summed E-state index contributed by atoms with van der Waals surface area (Å²) < 4.78 is 33.3. The Labute approximate surface area is 114 Å². The highest BCUT2D eigenvalue weighted by Gasteiger charge is 2.29. The molecule has 2 rings (SSSR count). The standard InChI is InChI=1S/C13H15F2NO4/c1-7-4-16(5-9(6-17)20-7)12-10(14)2-8(13(18)19)3-11(12)15/h2-3,7,9,17H,4-6H2,1H3,(H,18,19). The summed E-state index contributed by atoms with van der Waals surface area (Å²) >= 11 is 0. The molecule has 1 heterocycles. The molecule has 0 amide bonds. The van der Waals surface area contributed by atoms with Crippen LogP contribution in [0.4, 0.5) is 14.5 Å². The second-order valence-corrected chi connectivity index (χ2v) is 4.75. The van der Waals surface area contributed by atoms with E-state index in [1.165, 1.54) is 4.90 Å². The molecule has 2 atom stereocenters. The van der Waals surface area contributed by atoms with Crippen LogP contribution in [0.2, 0.25) is 0 Å². The summed E-state index contributed by atoms with van der Waals surface area (Å²) in [6, 6.07) is 1.57. The first kappa shape index (κ1) is 14.7. The molecule has 1 saturated heterocycles. The number of benzene rings is 1. The van der Waals surface area contributed by atoms with E-state index in [4.69, 9.17) is 14.9 Å². The Kier molecular flexibility index (Phi) is 4.20. The molecule has 110 valence electrons. The second-order valence-electron chi connectivity index (χ2n) is 4.75. The Morgan fingerprint density at radius 2 is 2.00 bits per heavy atom. The molecule has 0 bridgehead atoms. The molecule has 1 aliphatic heterocycles. The lowest BCUT2D eigenvalue weighted by Crippen LogP contribution is -2.48. The van der Waals surface area contributed by atoms with Crippen molar-refractivity contribution in [2.45, 2.75) is 19.1 Å². The predicted molar refractivity (Wildman–Crippen MR) is 67.0 cm³/mol. The van der Waals surface area contributed by atoms with Crippen molar-refractivity contribution in [3.8, 4) is 0 Å². The number of ether oxygens (including phenoxy) is 1. The number of carboxylic acid groups (broad SMARTS) is 1. The topological polar surface area (TPSA) is 70.0 Å². The SMILES string of the molecule is CC1CN(c2c(F)cc(C(=O)O)cc2F)CC(CO)O1. The van der Waals surface area contributed by atoms with Crippen molar-refractivity contribution in [3.63, 3.8) is 0 Å². The van der Waals surface area contributed by atoms with Gasteiger partial charge in [0.05, 0.1) is 24.4 Å². The van der Waals surface area contributed by atoms with Gasteiger partial charge >= 0.3 is 5.97 Å². The number of aliphatic hydroxyl groups is 1. The predicted octanol–water partition coefficient (Wildman–Crippen LogP) is 1.25. The average molecular weight is 287 g/mol. The summed E-state index contributed by atoms with van der Waals surface area (Å²) in [4.78, 5) is 12.2. The van der Waals surface area contributed by atoms with Crippen molar-refractivity contribution >= 4 is 11.7 Å². The lowest BCUT2D eigenvalue weighted by atomic mass is 10.1. The first-order chi connectivity index (χ1) is 9.42. The van der Waals surface area contributed by atoms with Crippen LogP contribution < -0.4 is 4.90 Å². The number of halogens is 2.